The molecule has 1 unspecified atom stereocenters. The molecule has 0 amide bonds. The maximum absolute atomic E-state index is 12.5. The van der Waals surface area contributed by atoms with Crippen molar-refractivity contribution in [2.24, 2.45) is 0 Å². The number of allylic oxidation sites excluding steroid dienone is 14. The predicted molar refractivity (Wildman–Crippen MR) is 214 cm³/mol. The molecule has 0 spiro atoms. The van der Waals surface area contributed by atoms with Crippen molar-refractivity contribution in [1.82, 2.24) is 0 Å². The average molecular weight is 765 g/mol. The number of phosphoric ester groups is 1. The third kappa shape index (κ3) is 37.3. The van der Waals surface area contributed by atoms with Gasteiger partial charge in [-0.2, -0.15) is 0 Å². The standard InChI is InChI=1S/C42H69O10P/c1-3-5-7-9-11-13-15-16-17-18-19-20-21-22-24-25-27-29-31-33-41(45)49-37-40(38-51-53(47,48)50-36-39(44)35-43)52-42(46)34-32-30-28-26-23-14-12-10-8-6-4-2/h5,7,10-13,16-17,19-20,22,24,27,29,39-40,43-44H,3-4,6,8-9,14-15,18,21,23,25-26,28,30-38H2,1-2H3,(H,47,48)/b7-5-,12-10-,13-11-,17-16-,20-19-,24-22-,29-27-/t39-,40+/m0/s1. The number of unbranched alkanes of at least 4 members (excludes halogenated alkanes) is 7. The summed E-state index contributed by atoms with van der Waals surface area (Å²) in [5, 5.41) is 18.3. The largest absolute Gasteiger partial charge is 0.472 e. The van der Waals surface area contributed by atoms with Gasteiger partial charge in [0.15, 0.2) is 6.10 Å². The first kappa shape index (κ1) is 50.1. The molecule has 0 saturated carbocycles. The fourth-order valence-corrected chi connectivity index (χ4v) is 5.32. The summed E-state index contributed by atoms with van der Waals surface area (Å²) in [6.07, 6.45) is 42.9. The minimum Gasteiger partial charge on any atom is -0.462 e. The van der Waals surface area contributed by atoms with E-state index in [2.05, 4.69) is 91.3 Å². The summed E-state index contributed by atoms with van der Waals surface area (Å²) in [5.41, 5.74) is 0. The number of phosphoric acid groups is 1. The number of rotatable bonds is 35. The SMILES string of the molecule is CC/C=C\C/C=C\C/C=C\C/C=C\C/C=C\C/C=C\CCC(=O)OC[C@H](COP(=O)(O)OC[C@@H](O)CO)OC(=O)CCCCCCC/C=C\CCCC. The van der Waals surface area contributed by atoms with Gasteiger partial charge in [0, 0.05) is 12.8 Å². The van der Waals surface area contributed by atoms with Gasteiger partial charge in [0.05, 0.1) is 19.8 Å². The molecule has 3 N–H and O–H groups in total. The molecule has 0 heterocycles. The molecule has 0 bridgehead atoms. The van der Waals surface area contributed by atoms with E-state index in [9.17, 15) is 24.2 Å². The van der Waals surface area contributed by atoms with Crippen LogP contribution in [0.4, 0.5) is 0 Å². The van der Waals surface area contributed by atoms with E-state index in [0.717, 1.165) is 77.0 Å². The van der Waals surface area contributed by atoms with Crippen LogP contribution in [0.2, 0.25) is 0 Å². The van der Waals surface area contributed by atoms with E-state index >= 15 is 0 Å². The minimum absolute atomic E-state index is 0.110. The van der Waals surface area contributed by atoms with Gasteiger partial charge in [-0.25, -0.2) is 4.57 Å². The summed E-state index contributed by atoms with van der Waals surface area (Å²) in [6.45, 7) is 2.09. The molecule has 302 valence electrons. The lowest BCUT2D eigenvalue weighted by Gasteiger charge is -2.20. The van der Waals surface area contributed by atoms with Crippen LogP contribution in [-0.4, -0.2) is 65.7 Å². The summed E-state index contributed by atoms with van der Waals surface area (Å²) in [6, 6.07) is 0. The van der Waals surface area contributed by atoms with Crippen molar-refractivity contribution < 1.29 is 47.8 Å². The number of hydrogen-bond donors (Lipinski definition) is 3. The molecule has 0 aromatic carbocycles. The molecule has 11 heteroatoms. The lowest BCUT2D eigenvalue weighted by atomic mass is 10.1. The third-order valence-corrected chi connectivity index (χ3v) is 8.50. The number of carbonyl (C=O) groups is 2. The summed E-state index contributed by atoms with van der Waals surface area (Å²) in [7, 11) is -4.63. The van der Waals surface area contributed by atoms with Gasteiger partial charge in [0.1, 0.15) is 12.7 Å². The first-order valence-electron chi connectivity index (χ1n) is 19.5. The van der Waals surface area contributed by atoms with Crippen LogP contribution in [0.15, 0.2) is 85.1 Å². The number of aliphatic hydroxyl groups is 2. The Morgan fingerprint density at radius 1 is 0.585 bits per heavy atom. The zero-order chi connectivity index (χ0) is 39.1. The second kappa shape index (κ2) is 37.5. The van der Waals surface area contributed by atoms with E-state index in [0.29, 0.717) is 12.8 Å². The van der Waals surface area contributed by atoms with E-state index in [1.54, 1.807) is 0 Å². The van der Waals surface area contributed by atoms with Crippen molar-refractivity contribution in [2.75, 3.05) is 26.4 Å². The first-order valence-corrected chi connectivity index (χ1v) is 21.0. The maximum Gasteiger partial charge on any atom is 0.472 e. The lowest BCUT2D eigenvalue weighted by Crippen LogP contribution is -2.29. The summed E-state index contributed by atoms with van der Waals surface area (Å²) in [4.78, 5) is 34.8. The zero-order valence-corrected chi connectivity index (χ0v) is 33.3. The Balaban J connectivity index is 4.49. The van der Waals surface area contributed by atoms with Gasteiger partial charge >= 0.3 is 19.8 Å². The smallest absolute Gasteiger partial charge is 0.462 e. The number of carbonyl (C=O) groups excluding carboxylic acids is 2. The molecular formula is C42H69O10P. The molecule has 0 aromatic heterocycles. The predicted octanol–water partition coefficient (Wildman–Crippen LogP) is 9.88. The van der Waals surface area contributed by atoms with E-state index in [1.165, 1.54) is 12.8 Å². The molecule has 53 heavy (non-hydrogen) atoms. The van der Waals surface area contributed by atoms with Gasteiger partial charge in [-0.1, -0.05) is 131 Å². The highest BCUT2D eigenvalue weighted by Crippen LogP contribution is 2.43. The molecule has 0 aliphatic carbocycles. The van der Waals surface area contributed by atoms with Crippen LogP contribution >= 0.6 is 7.82 Å². The molecule has 0 aliphatic rings. The Morgan fingerprint density at radius 3 is 1.64 bits per heavy atom. The van der Waals surface area contributed by atoms with Gasteiger partial charge < -0.3 is 24.6 Å². The summed E-state index contributed by atoms with van der Waals surface area (Å²) < 4.78 is 32.5. The monoisotopic (exact) mass is 764 g/mol. The molecule has 10 nitrogen and oxygen atoms in total. The topological polar surface area (TPSA) is 149 Å². The number of esters is 2. The zero-order valence-electron chi connectivity index (χ0n) is 32.4. The van der Waals surface area contributed by atoms with Crippen LogP contribution in [0.3, 0.4) is 0 Å². The second-order valence-electron chi connectivity index (χ2n) is 12.6. The van der Waals surface area contributed by atoms with Crippen molar-refractivity contribution in [3.63, 3.8) is 0 Å². The van der Waals surface area contributed by atoms with Crippen LogP contribution in [0, 0.1) is 0 Å². The van der Waals surface area contributed by atoms with Crippen molar-refractivity contribution in [3.05, 3.63) is 85.1 Å². The van der Waals surface area contributed by atoms with Gasteiger partial charge in [0.25, 0.3) is 0 Å². The van der Waals surface area contributed by atoms with Crippen molar-refractivity contribution in [2.45, 2.75) is 142 Å². The van der Waals surface area contributed by atoms with Gasteiger partial charge in [0.2, 0.25) is 0 Å². The highest BCUT2D eigenvalue weighted by atomic mass is 31.2. The van der Waals surface area contributed by atoms with Crippen LogP contribution in [-0.2, 0) is 32.7 Å². The second-order valence-corrected chi connectivity index (χ2v) is 14.0. The molecule has 0 rings (SSSR count). The van der Waals surface area contributed by atoms with Crippen molar-refractivity contribution >= 4 is 19.8 Å². The fraction of sp³-hybridized carbons (Fsp3) is 0.619. The lowest BCUT2D eigenvalue weighted by molar-refractivity contribution is -0.161. The Bertz CT molecular complexity index is 1150. The normalized spacial score (nSPS) is 14.9. The maximum atomic E-state index is 12.5. The number of hydrogen-bond acceptors (Lipinski definition) is 9. The van der Waals surface area contributed by atoms with Crippen molar-refractivity contribution in [3.8, 4) is 0 Å². The van der Waals surface area contributed by atoms with E-state index < -0.39 is 51.8 Å². The molecular weight excluding hydrogens is 695 g/mol. The van der Waals surface area contributed by atoms with Gasteiger partial charge in [-0.3, -0.25) is 18.6 Å². The molecule has 0 fully saturated rings. The highest BCUT2D eigenvalue weighted by molar-refractivity contribution is 7.47. The Labute approximate surface area is 320 Å². The fourth-order valence-electron chi connectivity index (χ4n) is 4.53. The molecule has 0 saturated heterocycles. The summed E-state index contributed by atoms with van der Waals surface area (Å²) in [5.74, 6) is -1.05. The van der Waals surface area contributed by atoms with E-state index in [4.69, 9.17) is 19.1 Å². The number of ether oxygens (including phenoxy) is 2. The van der Waals surface area contributed by atoms with Crippen LogP contribution in [0.25, 0.3) is 0 Å². The molecule has 0 aliphatic heterocycles. The van der Waals surface area contributed by atoms with Crippen LogP contribution in [0.5, 0.6) is 0 Å². The Hall–Kier alpha value is -2.85. The highest BCUT2D eigenvalue weighted by Gasteiger charge is 2.27. The molecule has 0 radical (unpaired) electrons. The van der Waals surface area contributed by atoms with Gasteiger partial charge in [-0.15, -0.1) is 0 Å². The van der Waals surface area contributed by atoms with Crippen molar-refractivity contribution in [1.29, 1.82) is 0 Å². The minimum atomic E-state index is -4.63. The Morgan fingerprint density at radius 2 is 1.08 bits per heavy atom. The average Bonchev–Trinajstić information content (AvgIpc) is 3.14. The molecule has 0 aromatic rings. The van der Waals surface area contributed by atoms with E-state index in [-0.39, 0.29) is 19.4 Å². The first-order chi connectivity index (χ1) is 25.7. The Kier molecular flexibility index (Phi) is 35.5. The quantitative estimate of drug-likeness (QED) is 0.0246. The van der Waals surface area contributed by atoms with Gasteiger partial charge in [-0.05, 0) is 70.6 Å². The third-order valence-electron chi connectivity index (χ3n) is 7.55. The summed E-state index contributed by atoms with van der Waals surface area (Å²) >= 11 is 0. The van der Waals surface area contributed by atoms with Crippen LogP contribution < -0.4 is 0 Å². The van der Waals surface area contributed by atoms with E-state index in [1.807, 2.05) is 12.2 Å². The number of aliphatic hydroxyl groups excluding tert-OH is 2. The van der Waals surface area contributed by atoms with Crippen LogP contribution in [0.1, 0.15) is 129 Å². The molecule has 3 atom stereocenters.